The van der Waals surface area contributed by atoms with Gasteiger partial charge >= 0.3 is 13.3 Å². The number of hydrogen-bond donors (Lipinski definition) is 3. The van der Waals surface area contributed by atoms with Gasteiger partial charge in [-0.15, -0.1) is 0 Å². The molecule has 1 aliphatic heterocycles. The minimum Gasteiger partial charge on any atom is -0.491 e. The molecule has 0 radical (unpaired) electrons. The molecule has 1 aliphatic carbocycles. The molecule has 0 bridgehead atoms. The van der Waals surface area contributed by atoms with Gasteiger partial charge in [0.25, 0.3) is 5.91 Å². The second-order valence-electron chi connectivity index (χ2n) is 8.83. The van der Waals surface area contributed by atoms with Gasteiger partial charge in [0, 0.05) is 24.1 Å². The normalized spacial score (nSPS) is 20.1. The van der Waals surface area contributed by atoms with Gasteiger partial charge in [-0.2, -0.15) is 13.2 Å². The number of hydrogen-bond acceptors (Lipinski definition) is 6. The van der Waals surface area contributed by atoms with Crippen molar-refractivity contribution in [3.05, 3.63) is 35.5 Å². The third kappa shape index (κ3) is 5.27. The molecule has 2 aliphatic rings. The predicted octanol–water partition coefficient (Wildman–Crippen LogP) is 2.90. The lowest BCUT2D eigenvalue weighted by Gasteiger charge is -2.32. The molecule has 3 rings (SSSR count). The molecule has 174 valence electrons. The Hall–Kier alpha value is -2.53. The molecule has 1 aromatic carbocycles. The zero-order valence-corrected chi connectivity index (χ0v) is 18.6. The fourth-order valence-corrected chi connectivity index (χ4v) is 2.98. The van der Waals surface area contributed by atoms with Crippen molar-refractivity contribution in [2.75, 3.05) is 7.05 Å². The number of halogens is 3. The first-order valence-corrected chi connectivity index (χ1v) is 10.3. The Morgan fingerprint density at radius 2 is 1.81 bits per heavy atom. The van der Waals surface area contributed by atoms with Crippen LogP contribution in [-0.4, -0.2) is 49.4 Å². The average molecular weight is 453 g/mol. The van der Waals surface area contributed by atoms with Crippen molar-refractivity contribution >= 4 is 24.3 Å². The van der Waals surface area contributed by atoms with Crippen molar-refractivity contribution < 1.29 is 32.0 Å². The number of nitrogens with one attached hydrogen (secondary N) is 3. The Morgan fingerprint density at radius 1 is 1.22 bits per heavy atom. The minimum atomic E-state index is -4.67. The van der Waals surface area contributed by atoms with Gasteiger partial charge in [0.2, 0.25) is 0 Å². The Labute approximate surface area is 185 Å². The van der Waals surface area contributed by atoms with E-state index in [1.807, 2.05) is 33.0 Å². The van der Waals surface area contributed by atoms with Gasteiger partial charge in [-0.3, -0.25) is 10.2 Å². The Kier molecular flexibility index (Phi) is 6.36. The first-order chi connectivity index (χ1) is 14.7. The van der Waals surface area contributed by atoms with Crippen LogP contribution >= 0.6 is 0 Å². The van der Waals surface area contributed by atoms with Crippen LogP contribution in [0, 0.1) is 5.41 Å². The second-order valence-corrected chi connectivity index (χ2v) is 8.83. The van der Waals surface area contributed by atoms with Crippen LogP contribution in [0.1, 0.15) is 50.9 Å². The molecule has 1 aromatic rings. The Morgan fingerprint density at radius 3 is 2.31 bits per heavy atom. The lowest BCUT2D eigenvalue weighted by molar-refractivity contribution is -0.0959. The van der Waals surface area contributed by atoms with Crippen LogP contribution in [-0.2, 0) is 9.31 Å². The van der Waals surface area contributed by atoms with Crippen molar-refractivity contribution in [3.8, 4) is 5.75 Å². The van der Waals surface area contributed by atoms with Gasteiger partial charge in [-0.05, 0) is 52.7 Å². The molecule has 3 N–H and O–H groups in total. The highest BCUT2D eigenvalue weighted by Crippen LogP contribution is 2.37. The number of amidine groups is 1. The summed E-state index contributed by atoms with van der Waals surface area (Å²) in [5.74, 6) is -1.02. The molecule has 1 saturated heterocycles. The number of benzene rings is 1. The van der Waals surface area contributed by atoms with Crippen LogP contribution in [0.15, 0.2) is 30.0 Å². The van der Waals surface area contributed by atoms with Crippen LogP contribution in [0.3, 0.4) is 0 Å². The van der Waals surface area contributed by atoms with E-state index in [4.69, 9.17) is 19.5 Å². The quantitative estimate of drug-likeness (QED) is 0.350. The first kappa shape index (κ1) is 24.1. The molecule has 2 fully saturated rings. The van der Waals surface area contributed by atoms with Gasteiger partial charge in [-0.25, -0.2) is 0 Å². The van der Waals surface area contributed by atoms with Crippen LogP contribution in [0.4, 0.5) is 13.2 Å². The lowest BCUT2D eigenvalue weighted by atomic mass is 9.78. The molecule has 1 amide bonds. The standard InChI is InChI=1S/C21H27BF3N3O4/c1-19(2)20(3,4)32-22(31-19)14-9-6-12(10-15(14)30-13-7-8-13)18(29)28-17(26)11-16(27-5)21(23,24)25/h6,9-11,13,27H,7-8H2,1-5H3,(H2,26,28,29)/b16-11-. The van der Waals surface area contributed by atoms with Crippen LogP contribution in [0.25, 0.3) is 0 Å². The molecule has 32 heavy (non-hydrogen) atoms. The highest BCUT2D eigenvalue weighted by molar-refractivity contribution is 6.63. The van der Waals surface area contributed by atoms with E-state index in [1.54, 1.807) is 6.07 Å². The summed E-state index contributed by atoms with van der Waals surface area (Å²) in [7, 11) is 0.391. The Bertz CT molecular complexity index is 927. The van der Waals surface area contributed by atoms with Gasteiger partial charge in [0.15, 0.2) is 0 Å². The zero-order valence-electron chi connectivity index (χ0n) is 18.6. The number of rotatable bonds is 6. The maximum Gasteiger partial charge on any atom is 0.498 e. The largest absolute Gasteiger partial charge is 0.498 e. The third-order valence-corrected chi connectivity index (χ3v) is 5.71. The number of ether oxygens (including phenoxy) is 1. The lowest BCUT2D eigenvalue weighted by Crippen LogP contribution is -2.41. The van der Waals surface area contributed by atoms with E-state index < -0.39 is 41.9 Å². The van der Waals surface area contributed by atoms with E-state index in [9.17, 15) is 18.0 Å². The van der Waals surface area contributed by atoms with Crippen molar-refractivity contribution in [1.82, 2.24) is 10.6 Å². The van der Waals surface area contributed by atoms with E-state index in [1.165, 1.54) is 12.1 Å². The van der Waals surface area contributed by atoms with Crippen molar-refractivity contribution in [3.63, 3.8) is 0 Å². The van der Waals surface area contributed by atoms with E-state index in [2.05, 4.69) is 5.32 Å². The number of alkyl halides is 3. The van der Waals surface area contributed by atoms with Gasteiger partial charge < -0.3 is 24.7 Å². The highest BCUT2D eigenvalue weighted by atomic mass is 19.4. The number of allylic oxidation sites excluding steroid dienone is 1. The van der Waals surface area contributed by atoms with Crippen LogP contribution < -0.4 is 20.8 Å². The highest BCUT2D eigenvalue weighted by Gasteiger charge is 2.52. The van der Waals surface area contributed by atoms with Crippen molar-refractivity contribution in [2.24, 2.45) is 0 Å². The van der Waals surface area contributed by atoms with E-state index in [0.29, 0.717) is 17.3 Å². The number of carbonyl (C=O) groups excluding carboxylic acids is 1. The fourth-order valence-electron chi connectivity index (χ4n) is 2.98. The van der Waals surface area contributed by atoms with Gasteiger partial charge in [0.05, 0.1) is 17.3 Å². The molecule has 11 heteroatoms. The van der Waals surface area contributed by atoms with Crippen LogP contribution in [0.5, 0.6) is 5.75 Å². The Balaban J connectivity index is 1.82. The summed E-state index contributed by atoms with van der Waals surface area (Å²) in [5.41, 5.74) is -1.50. The molecule has 0 atom stereocenters. The molecular formula is C21H27BF3N3O4. The van der Waals surface area contributed by atoms with E-state index >= 15 is 0 Å². The van der Waals surface area contributed by atoms with Crippen LogP contribution in [0.2, 0.25) is 0 Å². The molecule has 0 spiro atoms. The maximum absolute atomic E-state index is 12.8. The molecule has 0 unspecified atom stereocenters. The fraction of sp³-hybridized carbons (Fsp3) is 0.524. The summed E-state index contributed by atoms with van der Waals surface area (Å²) in [6.07, 6.45) is -2.35. The second kappa shape index (κ2) is 8.44. The summed E-state index contributed by atoms with van der Waals surface area (Å²) >= 11 is 0. The smallest absolute Gasteiger partial charge is 0.491 e. The minimum absolute atomic E-state index is 0.0284. The van der Waals surface area contributed by atoms with Crippen molar-refractivity contribution in [1.29, 1.82) is 5.41 Å². The summed E-state index contributed by atoms with van der Waals surface area (Å²) in [4.78, 5) is 12.6. The maximum atomic E-state index is 12.8. The molecule has 7 nitrogen and oxygen atoms in total. The predicted molar refractivity (Wildman–Crippen MR) is 114 cm³/mol. The van der Waals surface area contributed by atoms with E-state index in [-0.39, 0.29) is 11.7 Å². The summed E-state index contributed by atoms with van der Waals surface area (Å²) in [6.45, 7) is 7.71. The topological polar surface area (TPSA) is 92.7 Å². The zero-order chi connectivity index (χ0) is 23.9. The summed E-state index contributed by atoms with van der Waals surface area (Å²) in [5, 5.41) is 11.8. The third-order valence-electron chi connectivity index (χ3n) is 5.71. The van der Waals surface area contributed by atoms with Crippen molar-refractivity contribution in [2.45, 2.75) is 64.0 Å². The molecular weight excluding hydrogens is 426 g/mol. The first-order valence-electron chi connectivity index (χ1n) is 10.3. The monoisotopic (exact) mass is 453 g/mol. The SMILES string of the molecule is CN/C(=C\C(=N)NC(=O)c1ccc(B2OC(C)(C)C(C)(C)O2)c(OC2CC2)c1)C(F)(F)F. The summed E-state index contributed by atoms with van der Waals surface area (Å²) < 4.78 is 56.7. The number of carbonyl (C=O) groups is 1. The molecule has 0 aromatic heterocycles. The van der Waals surface area contributed by atoms with Gasteiger partial charge in [-0.1, -0.05) is 6.07 Å². The average Bonchev–Trinajstić information content (AvgIpc) is 3.44. The number of amides is 1. The van der Waals surface area contributed by atoms with E-state index in [0.717, 1.165) is 19.9 Å². The summed E-state index contributed by atoms with van der Waals surface area (Å²) in [6, 6.07) is 4.63. The van der Waals surface area contributed by atoms with Gasteiger partial charge in [0.1, 0.15) is 17.3 Å². The molecule has 1 heterocycles. The molecule has 1 saturated carbocycles.